The number of rotatable bonds is 2. The smallest absolute Gasteiger partial charge is 0.207 e. The zero-order valence-corrected chi connectivity index (χ0v) is 6.37. The zero-order chi connectivity index (χ0) is 7.07. The number of hydrogen-bond acceptors (Lipinski definition) is 2. The number of hydrogen-bond donors (Lipinski definition) is 0. The van der Waals surface area contributed by atoms with Gasteiger partial charge in [-0.05, 0) is 18.8 Å². The topological polar surface area (TPSA) is 34.1 Å². The van der Waals surface area contributed by atoms with Crippen molar-refractivity contribution in [3.05, 3.63) is 11.5 Å². The molecular formula is C5H7ClO2S. The molecule has 52 valence electrons. The molecule has 0 atom stereocenters. The predicted molar refractivity (Wildman–Crippen MR) is 36.6 cm³/mol. The van der Waals surface area contributed by atoms with Gasteiger partial charge in [-0.25, -0.2) is 8.42 Å². The summed E-state index contributed by atoms with van der Waals surface area (Å²) < 4.78 is 21.0. The summed E-state index contributed by atoms with van der Waals surface area (Å²) in [7, 11) is 1.53. The van der Waals surface area contributed by atoms with Crippen LogP contribution in [0.2, 0.25) is 0 Å². The Kier molecular flexibility index (Phi) is 1.57. The first-order valence-corrected chi connectivity index (χ1v) is 4.96. The van der Waals surface area contributed by atoms with Gasteiger partial charge < -0.3 is 0 Å². The van der Waals surface area contributed by atoms with E-state index in [-0.39, 0.29) is 10.8 Å². The molecule has 1 rings (SSSR count). The van der Waals surface area contributed by atoms with Crippen LogP contribution >= 0.6 is 10.7 Å². The zero-order valence-electron chi connectivity index (χ0n) is 4.80. The third kappa shape index (κ3) is 1.69. The third-order valence-electron chi connectivity index (χ3n) is 1.35. The van der Waals surface area contributed by atoms with E-state index in [4.69, 9.17) is 10.7 Å². The van der Waals surface area contributed by atoms with Crippen molar-refractivity contribution in [3.63, 3.8) is 0 Å². The van der Waals surface area contributed by atoms with Gasteiger partial charge in [-0.15, -0.1) is 0 Å². The maximum Gasteiger partial charge on any atom is 0.257 e. The van der Waals surface area contributed by atoms with Gasteiger partial charge in [-0.2, -0.15) is 0 Å². The highest BCUT2D eigenvalue weighted by atomic mass is 35.7. The molecule has 1 aliphatic carbocycles. The van der Waals surface area contributed by atoms with Gasteiger partial charge in [-0.1, -0.05) is 6.58 Å². The quantitative estimate of drug-likeness (QED) is 0.583. The molecule has 0 unspecified atom stereocenters. The van der Waals surface area contributed by atoms with Crippen molar-refractivity contribution in [1.82, 2.24) is 0 Å². The first-order valence-electron chi connectivity index (χ1n) is 2.65. The van der Waals surface area contributed by atoms with Gasteiger partial charge in [0.05, 0.1) is 4.91 Å². The summed E-state index contributed by atoms with van der Waals surface area (Å²) in [4.78, 5) is 0.184. The summed E-state index contributed by atoms with van der Waals surface area (Å²) in [6.07, 6.45) is 1.84. The first kappa shape index (κ1) is 7.09. The van der Waals surface area contributed by atoms with Crippen molar-refractivity contribution in [1.29, 1.82) is 0 Å². The minimum atomic E-state index is -3.46. The summed E-state index contributed by atoms with van der Waals surface area (Å²) in [5.41, 5.74) is 0. The van der Waals surface area contributed by atoms with E-state index in [9.17, 15) is 8.42 Å². The fraction of sp³-hybridized carbons (Fsp3) is 0.600. The summed E-state index contributed by atoms with van der Waals surface area (Å²) in [6, 6.07) is 0. The lowest BCUT2D eigenvalue weighted by molar-refractivity contribution is 0.612. The van der Waals surface area contributed by atoms with E-state index in [0.717, 1.165) is 12.8 Å². The lowest BCUT2D eigenvalue weighted by Gasteiger charge is -1.93. The van der Waals surface area contributed by atoms with E-state index in [0.29, 0.717) is 0 Å². The molecule has 0 spiro atoms. The summed E-state index contributed by atoms with van der Waals surface area (Å²) in [5.74, 6) is 0.146. The summed E-state index contributed by atoms with van der Waals surface area (Å²) >= 11 is 0. The highest BCUT2D eigenvalue weighted by Crippen LogP contribution is 2.39. The van der Waals surface area contributed by atoms with E-state index < -0.39 is 9.05 Å². The van der Waals surface area contributed by atoms with Gasteiger partial charge in [-0.3, -0.25) is 0 Å². The molecule has 4 heteroatoms. The molecule has 2 nitrogen and oxygen atoms in total. The van der Waals surface area contributed by atoms with Crippen molar-refractivity contribution in [2.75, 3.05) is 0 Å². The Morgan fingerprint density at radius 2 is 2.00 bits per heavy atom. The molecule has 0 bridgehead atoms. The standard InChI is InChI=1S/C5H7ClO2S/c1-4(5-2-3-5)9(6,7)8/h5H,1-3H2. The molecule has 0 amide bonds. The van der Waals surface area contributed by atoms with E-state index in [2.05, 4.69) is 6.58 Å². The lowest BCUT2D eigenvalue weighted by Crippen LogP contribution is -1.94. The fourth-order valence-corrected chi connectivity index (χ4v) is 1.62. The van der Waals surface area contributed by atoms with Crippen molar-refractivity contribution in [2.45, 2.75) is 12.8 Å². The van der Waals surface area contributed by atoms with Crippen LogP contribution in [0.3, 0.4) is 0 Å². The van der Waals surface area contributed by atoms with Crippen LogP contribution < -0.4 is 0 Å². The Morgan fingerprint density at radius 1 is 1.56 bits per heavy atom. The van der Waals surface area contributed by atoms with Crippen LogP contribution in [-0.4, -0.2) is 8.42 Å². The van der Waals surface area contributed by atoms with Crippen LogP contribution in [0.15, 0.2) is 11.5 Å². The van der Waals surface area contributed by atoms with Gasteiger partial charge in [0.2, 0.25) is 0 Å². The van der Waals surface area contributed by atoms with Crippen molar-refractivity contribution < 1.29 is 8.42 Å². The van der Waals surface area contributed by atoms with E-state index >= 15 is 0 Å². The Morgan fingerprint density at radius 3 is 2.11 bits per heavy atom. The molecule has 0 aliphatic heterocycles. The molecule has 0 heterocycles. The molecule has 0 saturated heterocycles. The summed E-state index contributed by atoms with van der Waals surface area (Å²) in [6.45, 7) is 3.37. The molecular weight excluding hydrogens is 160 g/mol. The van der Waals surface area contributed by atoms with Crippen LogP contribution in [0.25, 0.3) is 0 Å². The van der Waals surface area contributed by atoms with Crippen LogP contribution in [0.1, 0.15) is 12.8 Å². The van der Waals surface area contributed by atoms with Crippen molar-refractivity contribution >= 4 is 19.7 Å². The molecule has 1 aliphatic rings. The maximum atomic E-state index is 10.5. The van der Waals surface area contributed by atoms with Crippen LogP contribution in [0, 0.1) is 5.92 Å². The molecule has 1 saturated carbocycles. The Labute approximate surface area is 58.9 Å². The van der Waals surface area contributed by atoms with Gasteiger partial charge in [0, 0.05) is 10.7 Å². The van der Waals surface area contributed by atoms with E-state index in [1.807, 2.05) is 0 Å². The Bertz CT molecular complexity index is 225. The third-order valence-corrected chi connectivity index (χ3v) is 2.90. The normalized spacial score (nSPS) is 19.7. The highest BCUT2D eigenvalue weighted by molar-refractivity contribution is 8.16. The number of halogens is 1. The highest BCUT2D eigenvalue weighted by Gasteiger charge is 2.31. The molecule has 0 aromatic heterocycles. The second-order valence-electron chi connectivity index (χ2n) is 2.18. The van der Waals surface area contributed by atoms with E-state index in [1.165, 1.54) is 0 Å². The van der Waals surface area contributed by atoms with Crippen LogP contribution in [0.5, 0.6) is 0 Å². The molecule has 9 heavy (non-hydrogen) atoms. The maximum absolute atomic E-state index is 10.5. The largest absolute Gasteiger partial charge is 0.257 e. The van der Waals surface area contributed by atoms with Crippen LogP contribution in [-0.2, 0) is 9.05 Å². The lowest BCUT2D eigenvalue weighted by atomic mass is 10.4. The summed E-state index contributed by atoms with van der Waals surface area (Å²) in [5, 5.41) is 0. The first-order chi connectivity index (χ1) is 4.02. The SMILES string of the molecule is C=C(C1CC1)S(=O)(=O)Cl. The van der Waals surface area contributed by atoms with Gasteiger partial charge in [0.15, 0.2) is 0 Å². The molecule has 0 aromatic carbocycles. The number of allylic oxidation sites excluding steroid dienone is 1. The molecule has 1 fully saturated rings. The average molecular weight is 167 g/mol. The van der Waals surface area contributed by atoms with Crippen molar-refractivity contribution in [2.24, 2.45) is 5.92 Å². The second-order valence-corrected chi connectivity index (χ2v) is 4.80. The fourth-order valence-electron chi connectivity index (χ4n) is 0.604. The average Bonchev–Trinajstić information content (AvgIpc) is 2.40. The van der Waals surface area contributed by atoms with Gasteiger partial charge in [0.1, 0.15) is 0 Å². The van der Waals surface area contributed by atoms with Gasteiger partial charge in [0.25, 0.3) is 9.05 Å². The minimum Gasteiger partial charge on any atom is -0.207 e. The van der Waals surface area contributed by atoms with Gasteiger partial charge >= 0.3 is 0 Å². The molecule has 0 N–H and O–H groups in total. The molecule has 0 aromatic rings. The Balaban J connectivity index is 2.73. The predicted octanol–water partition coefficient (Wildman–Crippen LogP) is 1.48. The molecule has 0 radical (unpaired) electrons. The monoisotopic (exact) mass is 166 g/mol. The second kappa shape index (κ2) is 1.99. The van der Waals surface area contributed by atoms with Crippen LogP contribution in [0.4, 0.5) is 0 Å². The van der Waals surface area contributed by atoms with E-state index in [1.54, 1.807) is 0 Å². The minimum absolute atomic E-state index is 0.146. The van der Waals surface area contributed by atoms with Crippen molar-refractivity contribution in [3.8, 4) is 0 Å². The Hall–Kier alpha value is -0.0200.